The van der Waals surface area contributed by atoms with Crippen molar-refractivity contribution < 1.29 is 22.3 Å². The molecule has 0 aromatic heterocycles. The summed E-state index contributed by atoms with van der Waals surface area (Å²) in [5.41, 5.74) is 0.809. The van der Waals surface area contributed by atoms with Gasteiger partial charge < -0.3 is 4.74 Å². The highest BCUT2D eigenvalue weighted by atomic mass is 19.4. The molecule has 4 unspecified atom stereocenters. The first-order valence-electron chi connectivity index (χ1n) is 12.4. The summed E-state index contributed by atoms with van der Waals surface area (Å²) < 4.78 is 55.0. The Morgan fingerprint density at radius 1 is 0.839 bits per heavy atom. The van der Waals surface area contributed by atoms with E-state index in [0.717, 1.165) is 66.9 Å². The molecule has 3 aliphatic rings. The van der Waals surface area contributed by atoms with Crippen LogP contribution in [-0.4, -0.2) is 6.36 Å². The molecule has 0 heterocycles. The Kier molecular flexibility index (Phi) is 7.17. The Hall–Kier alpha value is -1.26. The van der Waals surface area contributed by atoms with Gasteiger partial charge in [-0.25, -0.2) is 4.39 Å². The van der Waals surface area contributed by atoms with E-state index >= 15 is 0 Å². The maximum absolute atomic E-state index is 14.1. The summed E-state index contributed by atoms with van der Waals surface area (Å²) in [7, 11) is 0. The third kappa shape index (κ3) is 5.76. The van der Waals surface area contributed by atoms with Crippen LogP contribution in [0.4, 0.5) is 17.6 Å². The molecule has 4 rings (SSSR count). The Morgan fingerprint density at radius 2 is 1.45 bits per heavy atom. The molecular formula is C26H36F4O. The summed E-state index contributed by atoms with van der Waals surface area (Å²) in [5, 5.41) is 0. The number of alkyl halides is 3. The lowest BCUT2D eigenvalue weighted by Crippen LogP contribution is -2.34. The van der Waals surface area contributed by atoms with Gasteiger partial charge in [0.1, 0.15) is 0 Å². The summed E-state index contributed by atoms with van der Waals surface area (Å²) in [6.07, 6.45) is 10.7. The molecule has 174 valence electrons. The first-order chi connectivity index (χ1) is 14.8. The molecule has 0 bridgehead atoms. The highest BCUT2D eigenvalue weighted by molar-refractivity contribution is 5.31. The molecule has 1 aromatic carbocycles. The molecule has 5 heteroatoms. The van der Waals surface area contributed by atoms with Crippen LogP contribution in [0, 0.1) is 35.4 Å². The molecule has 31 heavy (non-hydrogen) atoms. The predicted octanol–water partition coefficient (Wildman–Crippen LogP) is 8.63. The van der Waals surface area contributed by atoms with Crippen LogP contribution in [0.5, 0.6) is 5.75 Å². The average Bonchev–Trinajstić information content (AvgIpc) is 2.74. The van der Waals surface area contributed by atoms with Crippen molar-refractivity contribution in [2.24, 2.45) is 29.6 Å². The minimum absolute atomic E-state index is 0.242. The van der Waals surface area contributed by atoms with E-state index in [-0.39, 0.29) is 5.92 Å². The lowest BCUT2D eigenvalue weighted by Gasteiger charge is -2.45. The van der Waals surface area contributed by atoms with Gasteiger partial charge in [-0.15, -0.1) is 13.2 Å². The fraction of sp³-hybridized carbons (Fsp3) is 0.769. The van der Waals surface area contributed by atoms with Crippen molar-refractivity contribution in [2.75, 3.05) is 0 Å². The fourth-order valence-electron chi connectivity index (χ4n) is 7.02. The molecule has 0 saturated heterocycles. The van der Waals surface area contributed by atoms with E-state index in [4.69, 9.17) is 0 Å². The Morgan fingerprint density at radius 3 is 2.10 bits per heavy atom. The highest BCUT2D eigenvalue weighted by Gasteiger charge is 2.39. The van der Waals surface area contributed by atoms with Gasteiger partial charge in [0, 0.05) is 0 Å². The van der Waals surface area contributed by atoms with Crippen LogP contribution in [0.2, 0.25) is 0 Å². The zero-order valence-corrected chi connectivity index (χ0v) is 18.6. The van der Waals surface area contributed by atoms with Crippen LogP contribution < -0.4 is 4.74 Å². The topological polar surface area (TPSA) is 9.23 Å². The van der Waals surface area contributed by atoms with E-state index in [0.29, 0.717) is 0 Å². The van der Waals surface area contributed by atoms with E-state index < -0.39 is 17.9 Å². The first kappa shape index (κ1) is 22.9. The second-order valence-electron chi connectivity index (χ2n) is 10.4. The van der Waals surface area contributed by atoms with Crippen molar-refractivity contribution in [3.63, 3.8) is 0 Å². The SMILES string of the molecule is CCCC1CCC2CC(C3CCC(c4ccc(OC(F)(F)F)c(F)c4)CC3)CCC2C1. The van der Waals surface area contributed by atoms with Gasteiger partial charge in [-0.2, -0.15) is 0 Å². The Labute approximate surface area is 183 Å². The molecule has 0 aliphatic heterocycles. The Balaban J connectivity index is 1.28. The zero-order chi connectivity index (χ0) is 22.0. The van der Waals surface area contributed by atoms with Gasteiger partial charge in [-0.3, -0.25) is 0 Å². The van der Waals surface area contributed by atoms with Gasteiger partial charge in [0.25, 0.3) is 0 Å². The number of hydrogen-bond donors (Lipinski definition) is 0. The van der Waals surface area contributed by atoms with Gasteiger partial charge in [0.15, 0.2) is 11.6 Å². The Bertz CT molecular complexity index is 723. The number of hydrogen-bond acceptors (Lipinski definition) is 1. The third-order valence-electron chi connectivity index (χ3n) is 8.55. The minimum atomic E-state index is -4.87. The van der Waals surface area contributed by atoms with Gasteiger partial charge in [0.2, 0.25) is 0 Å². The maximum atomic E-state index is 14.1. The monoisotopic (exact) mass is 440 g/mol. The zero-order valence-electron chi connectivity index (χ0n) is 18.6. The van der Waals surface area contributed by atoms with E-state index in [1.807, 2.05) is 0 Å². The lowest BCUT2D eigenvalue weighted by molar-refractivity contribution is -0.275. The van der Waals surface area contributed by atoms with Crippen molar-refractivity contribution >= 4 is 0 Å². The van der Waals surface area contributed by atoms with E-state index in [2.05, 4.69) is 11.7 Å². The van der Waals surface area contributed by atoms with E-state index in [9.17, 15) is 17.6 Å². The number of benzene rings is 1. The highest BCUT2D eigenvalue weighted by Crippen LogP contribution is 2.50. The average molecular weight is 441 g/mol. The van der Waals surface area contributed by atoms with Crippen LogP contribution in [-0.2, 0) is 0 Å². The number of rotatable bonds is 5. The van der Waals surface area contributed by atoms with Crippen LogP contribution in [0.25, 0.3) is 0 Å². The number of fused-ring (bicyclic) bond motifs is 1. The quantitative estimate of drug-likeness (QED) is 0.416. The predicted molar refractivity (Wildman–Crippen MR) is 114 cm³/mol. The molecule has 1 aromatic rings. The normalized spacial score (nSPS) is 34.2. The fourth-order valence-corrected chi connectivity index (χ4v) is 7.02. The molecule has 0 amide bonds. The second kappa shape index (κ2) is 9.70. The molecule has 4 atom stereocenters. The molecule has 1 nitrogen and oxygen atoms in total. The van der Waals surface area contributed by atoms with Gasteiger partial charge >= 0.3 is 6.36 Å². The molecule has 3 fully saturated rings. The first-order valence-corrected chi connectivity index (χ1v) is 12.4. The van der Waals surface area contributed by atoms with Crippen molar-refractivity contribution in [1.29, 1.82) is 0 Å². The molecule has 0 N–H and O–H groups in total. The lowest BCUT2D eigenvalue weighted by atomic mass is 9.60. The third-order valence-corrected chi connectivity index (χ3v) is 8.55. The summed E-state index contributed by atoms with van der Waals surface area (Å²) >= 11 is 0. The minimum Gasteiger partial charge on any atom is -0.403 e. The van der Waals surface area contributed by atoms with Crippen LogP contribution >= 0.6 is 0 Å². The van der Waals surface area contributed by atoms with Crippen LogP contribution in [0.1, 0.15) is 95.5 Å². The van der Waals surface area contributed by atoms with E-state index in [1.165, 1.54) is 57.4 Å². The summed E-state index contributed by atoms with van der Waals surface area (Å²) in [6, 6.07) is 3.97. The van der Waals surface area contributed by atoms with Crippen LogP contribution in [0.15, 0.2) is 18.2 Å². The number of ether oxygens (including phenoxy) is 1. The molecule has 0 radical (unpaired) electrons. The van der Waals surface area contributed by atoms with Gasteiger partial charge in [-0.05, 0) is 111 Å². The van der Waals surface area contributed by atoms with Crippen LogP contribution in [0.3, 0.4) is 0 Å². The van der Waals surface area contributed by atoms with Crippen molar-refractivity contribution in [2.45, 2.75) is 96.3 Å². The second-order valence-corrected chi connectivity index (χ2v) is 10.4. The largest absolute Gasteiger partial charge is 0.573 e. The molecule has 0 spiro atoms. The summed E-state index contributed by atoms with van der Waals surface area (Å²) in [6.45, 7) is 2.30. The molecular weight excluding hydrogens is 404 g/mol. The number of halogens is 4. The standard InChI is InChI=1S/C26H36F4O/c1-2-3-17-4-5-22-15-21(11-10-20(22)14-17)18-6-8-19(9-7-18)23-12-13-25(24(27)16-23)31-26(28,29)30/h12-13,16-22H,2-11,14-15H2,1H3. The smallest absolute Gasteiger partial charge is 0.403 e. The van der Waals surface area contributed by atoms with E-state index in [1.54, 1.807) is 6.07 Å². The van der Waals surface area contributed by atoms with Crippen molar-refractivity contribution in [3.05, 3.63) is 29.6 Å². The van der Waals surface area contributed by atoms with Crippen molar-refractivity contribution in [3.8, 4) is 5.75 Å². The summed E-state index contributed by atoms with van der Waals surface area (Å²) in [5.74, 6) is 3.04. The van der Waals surface area contributed by atoms with Gasteiger partial charge in [0.05, 0.1) is 0 Å². The maximum Gasteiger partial charge on any atom is 0.573 e. The van der Waals surface area contributed by atoms with Gasteiger partial charge in [-0.1, -0.05) is 32.3 Å². The summed E-state index contributed by atoms with van der Waals surface area (Å²) in [4.78, 5) is 0. The van der Waals surface area contributed by atoms with Crippen molar-refractivity contribution in [1.82, 2.24) is 0 Å². The molecule has 3 aliphatic carbocycles. The molecule has 3 saturated carbocycles.